The Balaban J connectivity index is 1.90. The van der Waals surface area contributed by atoms with E-state index in [2.05, 4.69) is 4.98 Å². The maximum Gasteiger partial charge on any atom is 0.380 e. The first-order chi connectivity index (χ1) is 17.6. The highest BCUT2D eigenvalue weighted by molar-refractivity contribution is 7.71. The Morgan fingerprint density at radius 3 is 2.58 bits per heavy atom. The van der Waals surface area contributed by atoms with Crippen LogP contribution in [0.2, 0.25) is 0 Å². The number of ether oxygens (including phenoxy) is 2. The number of esters is 1. The maximum absolute atomic E-state index is 13.9. The van der Waals surface area contributed by atoms with E-state index in [0.717, 1.165) is 4.57 Å². The summed E-state index contributed by atoms with van der Waals surface area (Å²) in [5, 5.41) is 21.3. The Kier molecular flexibility index (Phi) is 8.30. The minimum absolute atomic E-state index is 0.0865. The lowest BCUT2D eigenvalue weighted by atomic mass is 10.1. The molecule has 3 rings (SSSR count). The number of carbonyl (C=O) groups is 1. The van der Waals surface area contributed by atoms with Gasteiger partial charge < -0.3 is 24.2 Å². The predicted molar refractivity (Wildman–Crippen MR) is 132 cm³/mol. The SMILES string of the molecule is [2H]C([2H])(OP(=O)(C[C@@H](C)C(=O)OC(C)C)Oc1ccccc1)[C@@H]1O[C@H](n2cc(C)c(=S)[nH]c2=O)[C@H](O)C1O. The molecular weight excluding hydrogens is 511 g/mol. The Labute approximate surface area is 216 Å². The van der Waals surface area contributed by atoms with E-state index < -0.39 is 68.5 Å². The van der Waals surface area contributed by atoms with Crippen LogP contribution in [0.3, 0.4) is 0 Å². The molecule has 1 aromatic heterocycles. The smallest absolute Gasteiger partial charge is 0.380 e. The molecule has 13 heteroatoms. The summed E-state index contributed by atoms with van der Waals surface area (Å²) in [6.45, 7) is 3.32. The van der Waals surface area contributed by atoms with E-state index in [-0.39, 0.29) is 10.4 Å². The summed E-state index contributed by atoms with van der Waals surface area (Å²) in [6, 6.07) is 7.82. The van der Waals surface area contributed by atoms with Crippen LogP contribution in [0.25, 0.3) is 0 Å². The fourth-order valence-electron chi connectivity index (χ4n) is 3.39. The van der Waals surface area contributed by atoms with Gasteiger partial charge in [0.25, 0.3) is 0 Å². The molecule has 11 nitrogen and oxygen atoms in total. The highest BCUT2D eigenvalue weighted by Crippen LogP contribution is 2.50. The van der Waals surface area contributed by atoms with Gasteiger partial charge in [0.05, 0.1) is 27.5 Å². The second-order valence-electron chi connectivity index (χ2n) is 8.70. The number of hydrogen-bond donors (Lipinski definition) is 3. The molecular formula is C23H31N2O9PS. The lowest BCUT2D eigenvalue weighted by Crippen LogP contribution is -2.36. The van der Waals surface area contributed by atoms with Gasteiger partial charge in [-0.3, -0.25) is 18.9 Å². The number of benzene rings is 1. The first kappa shape index (κ1) is 25.3. The van der Waals surface area contributed by atoms with Crippen molar-refractivity contribution >= 4 is 25.8 Å². The quantitative estimate of drug-likeness (QED) is 0.232. The zero-order valence-electron chi connectivity index (χ0n) is 22.2. The van der Waals surface area contributed by atoms with Gasteiger partial charge >= 0.3 is 19.3 Å². The number of nitrogens with one attached hydrogen (secondary N) is 1. The number of aromatic amines is 1. The number of rotatable bonds is 10. The van der Waals surface area contributed by atoms with Gasteiger partial charge in [0.2, 0.25) is 0 Å². The fourth-order valence-corrected chi connectivity index (χ4v) is 5.24. The average Bonchev–Trinajstić information content (AvgIpc) is 3.11. The standard InChI is InChI=1S/C23H31N2O9PS/c1-13(2)32-22(28)15(4)12-35(30,34-16-8-6-5-7-9-16)31-11-17-18(26)19(27)21(33-17)25-10-14(3)20(36)24-23(25)29/h5-10,13,15,17-19,21,26-27H,11-12H2,1-4H3,(H,24,29,36)/t15-,17+,18?,19-,21+,35?/m1/s1/i11D2. The van der Waals surface area contributed by atoms with Crippen LogP contribution in [0.15, 0.2) is 41.3 Å². The minimum Gasteiger partial charge on any atom is -0.463 e. The van der Waals surface area contributed by atoms with E-state index in [9.17, 15) is 24.4 Å². The molecule has 0 radical (unpaired) electrons. The molecule has 2 aromatic rings. The van der Waals surface area contributed by atoms with Gasteiger partial charge in [-0.1, -0.05) is 37.3 Å². The highest BCUT2D eigenvalue weighted by atomic mass is 32.1. The Morgan fingerprint density at radius 2 is 1.94 bits per heavy atom. The van der Waals surface area contributed by atoms with Gasteiger partial charge in [-0.2, -0.15) is 0 Å². The lowest BCUT2D eigenvalue weighted by molar-refractivity contribution is -0.151. The molecule has 2 heterocycles. The van der Waals surface area contributed by atoms with Crippen LogP contribution in [-0.2, 0) is 23.4 Å². The van der Waals surface area contributed by atoms with Gasteiger partial charge in [-0.05, 0) is 32.9 Å². The topological polar surface area (TPSA) is 149 Å². The van der Waals surface area contributed by atoms with Gasteiger partial charge in [-0.25, -0.2) is 9.36 Å². The van der Waals surface area contributed by atoms with Crippen LogP contribution < -0.4 is 10.2 Å². The largest absolute Gasteiger partial charge is 0.463 e. The number of hydrogen-bond acceptors (Lipinski definition) is 10. The van der Waals surface area contributed by atoms with Gasteiger partial charge in [-0.15, -0.1) is 0 Å². The summed E-state index contributed by atoms with van der Waals surface area (Å²) in [5.41, 5.74) is -0.287. The third-order valence-corrected chi connectivity index (χ3v) is 7.50. The van der Waals surface area contributed by atoms with Crippen molar-refractivity contribution < 1.29 is 40.8 Å². The number of para-hydroxylation sites is 1. The molecule has 6 atom stereocenters. The summed E-state index contributed by atoms with van der Waals surface area (Å²) in [5.74, 6) is -1.61. The molecule has 3 N–H and O–H groups in total. The summed E-state index contributed by atoms with van der Waals surface area (Å²) in [7, 11) is -4.47. The van der Waals surface area contributed by atoms with Crippen LogP contribution in [0.5, 0.6) is 5.75 Å². The summed E-state index contributed by atoms with van der Waals surface area (Å²) in [4.78, 5) is 27.2. The number of aliphatic hydroxyl groups excluding tert-OH is 2. The van der Waals surface area contributed by atoms with Gasteiger partial charge in [0.1, 0.15) is 28.7 Å². The normalized spacial score (nSPS) is 25.5. The van der Waals surface area contributed by atoms with Crippen LogP contribution >= 0.6 is 19.8 Å². The Hall–Kier alpha value is -2.34. The van der Waals surface area contributed by atoms with Crippen molar-refractivity contribution in [2.24, 2.45) is 5.92 Å². The van der Waals surface area contributed by atoms with Crippen molar-refractivity contribution in [3.8, 4) is 5.75 Å². The van der Waals surface area contributed by atoms with Crippen molar-refractivity contribution in [3.63, 3.8) is 0 Å². The molecule has 0 amide bonds. The number of aromatic nitrogens is 2. The van der Waals surface area contributed by atoms with Crippen LogP contribution in [0, 0.1) is 17.5 Å². The van der Waals surface area contributed by atoms with E-state index in [0.29, 0.717) is 5.56 Å². The lowest BCUT2D eigenvalue weighted by Gasteiger charge is -2.24. The van der Waals surface area contributed by atoms with E-state index in [4.69, 9.17) is 33.5 Å². The third kappa shape index (κ3) is 6.90. The van der Waals surface area contributed by atoms with E-state index >= 15 is 0 Å². The van der Waals surface area contributed by atoms with Gasteiger partial charge in [0.15, 0.2) is 6.23 Å². The molecule has 36 heavy (non-hydrogen) atoms. The Bertz CT molecular complexity index is 1300. The predicted octanol–water partition coefficient (Wildman–Crippen LogP) is 2.71. The second kappa shape index (κ2) is 11.8. The molecule has 2 unspecified atom stereocenters. The average molecular weight is 545 g/mol. The van der Waals surface area contributed by atoms with Crippen molar-refractivity contribution in [2.45, 2.75) is 58.3 Å². The molecule has 1 aromatic carbocycles. The first-order valence-electron chi connectivity index (χ1n) is 12.2. The molecule has 1 saturated heterocycles. The minimum atomic E-state index is -4.47. The molecule has 0 bridgehead atoms. The third-order valence-electron chi connectivity index (χ3n) is 5.21. The number of nitrogens with zero attached hydrogens (tertiary/aromatic N) is 1. The second-order valence-corrected chi connectivity index (χ2v) is 11.1. The van der Waals surface area contributed by atoms with Crippen molar-refractivity contribution in [3.05, 3.63) is 57.2 Å². The monoisotopic (exact) mass is 544 g/mol. The van der Waals surface area contributed by atoms with Crippen LogP contribution in [-0.4, -0.2) is 62.9 Å². The maximum atomic E-state index is 13.9. The van der Waals surface area contributed by atoms with Crippen LogP contribution in [0.4, 0.5) is 0 Å². The van der Waals surface area contributed by atoms with E-state index in [1.165, 1.54) is 25.3 Å². The van der Waals surface area contributed by atoms with Crippen molar-refractivity contribution in [1.82, 2.24) is 9.55 Å². The zero-order chi connectivity index (χ0) is 28.4. The van der Waals surface area contributed by atoms with E-state index in [1.54, 1.807) is 39.0 Å². The van der Waals surface area contributed by atoms with Crippen LogP contribution in [0.1, 0.15) is 35.3 Å². The van der Waals surface area contributed by atoms with E-state index in [1.807, 2.05) is 0 Å². The summed E-state index contributed by atoms with van der Waals surface area (Å²) in [6.07, 6.45) is -6.76. The molecule has 1 aliphatic rings. The Morgan fingerprint density at radius 1 is 1.28 bits per heavy atom. The number of aliphatic hydroxyl groups is 2. The molecule has 198 valence electrons. The number of carbonyl (C=O) groups excluding carboxylic acids is 1. The molecule has 0 aliphatic carbocycles. The van der Waals surface area contributed by atoms with Crippen molar-refractivity contribution in [1.29, 1.82) is 0 Å². The first-order valence-corrected chi connectivity index (χ1v) is 13.4. The number of H-pyrrole nitrogens is 1. The zero-order valence-corrected chi connectivity index (χ0v) is 21.9. The highest BCUT2D eigenvalue weighted by Gasteiger charge is 2.45. The summed E-state index contributed by atoms with van der Waals surface area (Å²) >= 11 is 5.02. The molecule has 0 spiro atoms. The van der Waals surface area contributed by atoms with Crippen molar-refractivity contribution in [2.75, 3.05) is 12.7 Å². The molecule has 1 aliphatic heterocycles. The molecule has 1 fully saturated rings. The van der Waals surface area contributed by atoms with Gasteiger partial charge in [0, 0.05) is 11.8 Å². The summed E-state index contributed by atoms with van der Waals surface area (Å²) < 4.78 is 53.6. The molecule has 0 saturated carbocycles. The number of aryl methyl sites for hydroxylation is 1. The fraction of sp³-hybridized carbons (Fsp3) is 0.522.